The van der Waals surface area contributed by atoms with Gasteiger partial charge in [0.1, 0.15) is 0 Å². The van der Waals surface area contributed by atoms with Gasteiger partial charge in [0, 0.05) is 24.8 Å². The summed E-state index contributed by atoms with van der Waals surface area (Å²) < 4.78 is 1.82. The monoisotopic (exact) mass is 284 g/mol. The number of carbonyl (C=O) groups is 1. The normalized spacial score (nSPS) is 18.4. The summed E-state index contributed by atoms with van der Waals surface area (Å²) in [6.07, 6.45) is 5.80. The number of para-hydroxylation sites is 1. The Kier molecular flexibility index (Phi) is 4.31. The van der Waals surface area contributed by atoms with E-state index in [4.69, 9.17) is 0 Å². The molecule has 1 aliphatic rings. The molecule has 1 aromatic carbocycles. The van der Waals surface area contributed by atoms with E-state index in [0.717, 1.165) is 37.2 Å². The van der Waals surface area contributed by atoms with Crippen LogP contribution >= 0.6 is 0 Å². The molecule has 5 heteroatoms. The minimum atomic E-state index is 0.0999. The highest BCUT2D eigenvalue weighted by Gasteiger charge is 2.20. The highest BCUT2D eigenvalue weighted by molar-refractivity contribution is 5.78. The first-order valence-electron chi connectivity index (χ1n) is 7.40. The quantitative estimate of drug-likeness (QED) is 0.894. The summed E-state index contributed by atoms with van der Waals surface area (Å²) >= 11 is 0. The van der Waals surface area contributed by atoms with Gasteiger partial charge in [-0.05, 0) is 31.5 Å². The van der Waals surface area contributed by atoms with Gasteiger partial charge >= 0.3 is 0 Å². The second-order valence-corrected chi connectivity index (χ2v) is 5.39. The highest BCUT2D eigenvalue weighted by Crippen LogP contribution is 2.11. The molecule has 2 heterocycles. The molecule has 1 saturated heterocycles. The number of nitrogens with one attached hydrogen (secondary N) is 2. The lowest BCUT2D eigenvalue weighted by atomic mass is 9.99. The van der Waals surface area contributed by atoms with Gasteiger partial charge < -0.3 is 10.6 Å². The van der Waals surface area contributed by atoms with Gasteiger partial charge in [0.15, 0.2) is 0 Å². The average molecular weight is 284 g/mol. The summed E-state index contributed by atoms with van der Waals surface area (Å²) in [5.74, 6) is 0.234. The van der Waals surface area contributed by atoms with Gasteiger partial charge in [0.25, 0.3) is 0 Å². The predicted molar refractivity (Wildman–Crippen MR) is 81.0 cm³/mol. The van der Waals surface area contributed by atoms with E-state index in [-0.39, 0.29) is 11.8 Å². The number of carbonyl (C=O) groups excluding carboxylic acids is 1. The van der Waals surface area contributed by atoms with Crippen LogP contribution in [0.15, 0.2) is 42.7 Å². The van der Waals surface area contributed by atoms with Crippen molar-refractivity contribution < 1.29 is 4.79 Å². The van der Waals surface area contributed by atoms with Crippen molar-refractivity contribution in [3.8, 4) is 5.69 Å². The van der Waals surface area contributed by atoms with Crippen molar-refractivity contribution in [3.63, 3.8) is 0 Å². The molecule has 110 valence electrons. The van der Waals surface area contributed by atoms with E-state index in [0.29, 0.717) is 6.54 Å². The van der Waals surface area contributed by atoms with Gasteiger partial charge in [-0.2, -0.15) is 5.10 Å². The fraction of sp³-hybridized carbons (Fsp3) is 0.375. The predicted octanol–water partition coefficient (Wildman–Crippen LogP) is 1.49. The second-order valence-electron chi connectivity index (χ2n) is 5.39. The summed E-state index contributed by atoms with van der Waals surface area (Å²) in [5.41, 5.74) is 2.03. The van der Waals surface area contributed by atoms with E-state index in [1.165, 1.54) is 0 Å². The fourth-order valence-electron chi connectivity index (χ4n) is 2.58. The van der Waals surface area contributed by atoms with Gasteiger partial charge in [0.2, 0.25) is 5.91 Å². The van der Waals surface area contributed by atoms with Gasteiger partial charge in [-0.15, -0.1) is 0 Å². The summed E-state index contributed by atoms with van der Waals surface area (Å²) in [4.78, 5) is 12.1. The molecule has 0 saturated carbocycles. The summed E-state index contributed by atoms with van der Waals surface area (Å²) in [6.45, 7) is 2.34. The van der Waals surface area contributed by atoms with Gasteiger partial charge in [-0.1, -0.05) is 18.2 Å². The maximum absolute atomic E-state index is 12.1. The number of nitrogens with zero attached hydrogens (tertiary/aromatic N) is 2. The zero-order valence-corrected chi connectivity index (χ0v) is 12.0. The molecule has 0 radical (unpaired) electrons. The number of hydrogen-bond donors (Lipinski definition) is 2. The van der Waals surface area contributed by atoms with Crippen molar-refractivity contribution in [1.29, 1.82) is 0 Å². The Bertz CT molecular complexity index is 587. The Hall–Kier alpha value is -2.14. The largest absolute Gasteiger partial charge is 0.352 e. The minimum Gasteiger partial charge on any atom is -0.352 e. The van der Waals surface area contributed by atoms with E-state index in [1.54, 1.807) is 6.20 Å². The lowest BCUT2D eigenvalue weighted by Gasteiger charge is -2.21. The number of piperidine rings is 1. The highest BCUT2D eigenvalue weighted by atomic mass is 16.1. The number of rotatable bonds is 4. The Morgan fingerprint density at radius 2 is 2.24 bits per heavy atom. The molecule has 1 fully saturated rings. The van der Waals surface area contributed by atoms with Gasteiger partial charge in [0.05, 0.1) is 17.8 Å². The number of benzene rings is 1. The zero-order chi connectivity index (χ0) is 14.5. The molecule has 0 bridgehead atoms. The van der Waals surface area contributed by atoms with E-state index < -0.39 is 0 Å². The maximum atomic E-state index is 12.1. The van der Waals surface area contributed by atoms with Crippen LogP contribution in [0.3, 0.4) is 0 Å². The van der Waals surface area contributed by atoms with Crippen LogP contribution in [0.2, 0.25) is 0 Å². The summed E-state index contributed by atoms with van der Waals surface area (Å²) in [6, 6.07) is 9.95. The van der Waals surface area contributed by atoms with Gasteiger partial charge in [-0.25, -0.2) is 4.68 Å². The van der Waals surface area contributed by atoms with E-state index >= 15 is 0 Å². The lowest BCUT2D eigenvalue weighted by molar-refractivity contribution is -0.125. The van der Waals surface area contributed by atoms with Crippen LogP contribution in [-0.4, -0.2) is 28.8 Å². The van der Waals surface area contributed by atoms with E-state index in [2.05, 4.69) is 15.7 Å². The third kappa shape index (κ3) is 3.49. The third-order valence-corrected chi connectivity index (χ3v) is 3.79. The molecular formula is C16H20N4O. The number of amides is 1. The van der Waals surface area contributed by atoms with Crippen LogP contribution in [0.25, 0.3) is 5.69 Å². The molecule has 0 spiro atoms. The molecule has 0 unspecified atom stereocenters. The second kappa shape index (κ2) is 6.54. The molecule has 1 aromatic heterocycles. The molecule has 1 aliphatic heterocycles. The standard InChI is InChI=1S/C16H20N4O/c21-16(14-5-4-8-17-11-14)18-9-13-10-19-20(12-13)15-6-2-1-3-7-15/h1-3,6-7,10,12,14,17H,4-5,8-9,11H2,(H,18,21)/t14-/m1/s1. The lowest BCUT2D eigenvalue weighted by Crippen LogP contribution is -2.40. The topological polar surface area (TPSA) is 59.0 Å². The van der Waals surface area contributed by atoms with Crippen molar-refractivity contribution in [3.05, 3.63) is 48.3 Å². The van der Waals surface area contributed by atoms with E-state index in [9.17, 15) is 4.79 Å². The summed E-state index contributed by atoms with van der Waals surface area (Å²) in [5, 5.41) is 10.6. The zero-order valence-electron chi connectivity index (χ0n) is 12.0. The van der Waals surface area contributed by atoms with Crippen LogP contribution in [0.4, 0.5) is 0 Å². The summed E-state index contributed by atoms with van der Waals surface area (Å²) in [7, 11) is 0. The van der Waals surface area contributed by atoms with Crippen molar-refractivity contribution in [1.82, 2.24) is 20.4 Å². The van der Waals surface area contributed by atoms with Crippen molar-refractivity contribution in [2.24, 2.45) is 5.92 Å². The molecule has 2 aromatic rings. The first-order chi connectivity index (χ1) is 10.3. The molecule has 1 atom stereocenters. The average Bonchev–Trinajstić information content (AvgIpc) is 3.03. The van der Waals surface area contributed by atoms with Crippen LogP contribution in [0, 0.1) is 5.92 Å². The fourth-order valence-corrected chi connectivity index (χ4v) is 2.58. The van der Waals surface area contributed by atoms with E-state index in [1.807, 2.05) is 41.2 Å². The first kappa shape index (κ1) is 13.8. The molecule has 5 nitrogen and oxygen atoms in total. The Balaban J connectivity index is 1.56. The van der Waals surface area contributed by atoms with Crippen molar-refractivity contribution >= 4 is 5.91 Å². The Morgan fingerprint density at radius 3 is 3.00 bits per heavy atom. The van der Waals surface area contributed by atoms with Crippen LogP contribution in [-0.2, 0) is 11.3 Å². The SMILES string of the molecule is O=C(NCc1cnn(-c2ccccc2)c1)[C@@H]1CCCNC1. The molecule has 21 heavy (non-hydrogen) atoms. The van der Waals surface area contributed by atoms with Crippen molar-refractivity contribution in [2.45, 2.75) is 19.4 Å². The number of hydrogen-bond acceptors (Lipinski definition) is 3. The molecule has 2 N–H and O–H groups in total. The van der Waals surface area contributed by atoms with Crippen LogP contribution in [0.5, 0.6) is 0 Å². The number of aromatic nitrogens is 2. The first-order valence-corrected chi connectivity index (χ1v) is 7.40. The minimum absolute atomic E-state index is 0.0999. The van der Waals surface area contributed by atoms with Crippen molar-refractivity contribution in [2.75, 3.05) is 13.1 Å². The molecule has 0 aliphatic carbocycles. The van der Waals surface area contributed by atoms with Crippen LogP contribution in [0.1, 0.15) is 18.4 Å². The third-order valence-electron chi connectivity index (χ3n) is 3.79. The van der Waals surface area contributed by atoms with Gasteiger partial charge in [-0.3, -0.25) is 4.79 Å². The molecular weight excluding hydrogens is 264 g/mol. The Labute approximate surface area is 124 Å². The maximum Gasteiger partial charge on any atom is 0.224 e. The smallest absolute Gasteiger partial charge is 0.224 e. The van der Waals surface area contributed by atoms with Crippen LogP contribution < -0.4 is 10.6 Å². The molecule has 3 rings (SSSR count). The Morgan fingerprint density at radius 1 is 1.38 bits per heavy atom. The molecule has 1 amide bonds.